The number of fused-ring (bicyclic) bond motifs is 2. The van der Waals surface area contributed by atoms with Gasteiger partial charge in [-0.1, -0.05) is 6.07 Å². The molecular weight excluding hydrogens is 272 g/mol. The summed E-state index contributed by atoms with van der Waals surface area (Å²) in [5.41, 5.74) is 1.90. The van der Waals surface area contributed by atoms with E-state index in [0.29, 0.717) is 22.3 Å². The number of nitrogens with zero attached hydrogens (tertiary/aromatic N) is 4. The van der Waals surface area contributed by atoms with Gasteiger partial charge in [0, 0.05) is 11.6 Å². The Bertz CT molecular complexity index is 957. The van der Waals surface area contributed by atoms with Crippen molar-refractivity contribution in [3.63, 3.8) is 0 Å². The molecule has 21 heavy (non-hydrogen) atoms. The van der Waals surface area contributed by atoms with Crippen molar-refractivity contribution in [3.05, 3.63) is 54.4 Å². The van der Waals surface area contributed by atoms with Crippen LogP contribution in [0.1, 0.15) is 10.4 Å². The van der Waals surface area contributed by atoms with Crippen LogP contribution in [0.3, 0.4) is 0 Å². The van der Waals surface area contributed by atoms with Crippen LogP contribution in [0.25, 0.3) is 22.1 Å². The van der Waals surface area contributed by atoms with Crippen molar-refractivity contribution in [2.24, 2.45) is 0 Å². The van der Waals surface area contributed by atoms with Crippen molar-refractivity contribution in [2.75, 3.05) is 0 Å². The summed E-state index contributed by atoms with van der Waals surface area (Å²) in [6.07, 6.45) is 3.14. The number of benzene rings is 1. The Balaban J connectivity index is 1.68. The first-order valence-electron chi connectivity index (χ1n) is 6.18. The summed E-state index contributed by atoms with van der Waals surface area (Å²) in [4.78, 5) is 22.4. The molecule has 0 atom stereocenters. The zero-order valence-corrected chi connectivity index (χ0v) is 10.6. The molecule has 0 fully saturated rings. The Morgan fingerprint density at radius 2 is 2.19 bits per heavy atom. The van der Waals surface area contributed by atoms with E-state index in [1.807, 2.05) is 6.07 Å². The second kappa shape index (κ2) is 4.41. The third-order valence-electron chi connectivity index (χ3n) is 3.04. The second-order valence-electron chi connectivity index (χ2n) is 4.36. The van der Waals surface area contributed by atoms with Crippen molar-refractivity contribution in [2.45, 2.75) is 0 Å². The van der Waals surface area contributed by atoms with Gasteiger partial charge < -0.3 is 9.25 Å². The van der Waals surface area contributed by atoms with E-state index >= 15 is 0 Å². The monoisotopic (exact) mass is 280 g/mol. The number of furan rings is 1. The van der Waals surface area contributed by atoms with Gasteiger partial charge in [0.05, 0.1) is 11.8 Å². The van der Waals surface area contributed by atoms with Crippen LogP contribution in [0, 0.1) is 0 Å². The van der Waals surface area contributed by atoms with E-state index in [1.165, 1.54) is 0 Å². The lowest BCUT2D eigenvalue weighted by molar-refractivity contribution is 0.0405. The van der Waals surface area contributed by atoms with Gasteiger partial charge in [0.2, 0.25) is 5.65 Å². The van der Waals surface area contributed by atoms with Gasteiger partial charge in [-0.25, -0.2) is 9.78 Å². The van der Waals surface area contributed by atoms with E-state index in [-0.39, 0.29) is 0 Å². The standard InChI is InChI=1S/C14H8N4O3/c19-14(10-4-3-9-5-7-20-12(9)8-10)21-18-13-11(16-17-18)2-1-6-15-13/h1-8H. The summed E-state index contributed by atoms with van der Waals surface area (Å²) in [7, 11) is 0. The van der Waals surface area contributed by atoms with Crippen LogP contribution in [0.15, 0.2) is 53.3 Å². The summed E-state index contributed by atoms with van der Waals surface area (Å²) >= 11 is 0. The van der Waals surface area contributed by atoms with E-state index in [1.54, 1.807) is 42.8 Å². The number of pyridine rings is 1. The van der Waals surface area contributed by atoms with Gasteiger partial charge >= 0.3 is 5.97 Å². The number of hydrogen-bond acceptors (Lipinski definition) is 6. The fourth-order valence-corrected chi connectivity index (χ4v) is 2.02. The SMILES string of the molecule is O=C(On1nnc2cccnc21)c1ccc2ccoc2c1. The largest absolute Gasteiger partial charge is 0.464 e. The van der Waals surface area contributed by atoms with E-state index in [0.717, 1.165) is 10.2 Å². The highest BCUT2D eigenvalue weighted by Gasteiger charge is 2.14. The van der Waals surface area contributed by atoms with Gasteiger partial charge in [-0.05, 0) is 40.4 Å². The van der Waals surface area contributed by atoms with Crippen LogP contribution in [0.2, 0.25) is 0 Å². The van der Waals surface area contributed by atoms with Crippen LogP contribution in [0.5, 0.6) is 0 Å². The summed E-state index contributed by atoms with van der Waals surface area (Å²) in [5.74, 6) is -0.564. The maximum atomic E-state index is 12.1. The first-order chi connectivity index (χ1) is 10.3. The number of carbonyl (C=O) groups excluding carboxylic acids is 1. The van der Waals surface area contributed by atoms with Gasteiger partial charge in [-0.3, -0.25) is 0 Å². The maximum Gasteiger partial charge on any atom is 0.365 e. The molecule has 4 rings (SSSR count). The third kappa shape index (κ3) is 1.91. The molecule has 0 saturated carbocycles. The quantitative estimate of drug-likeness (QED) is 0.521. The van der Waals surface area contributed by atoms with E-state index in [4.69, 9.17) is 9.25 Å². The predicted octanol–water partition coefficient (Wildman–Crippen LogP) is 1.84. The Morgan fingerprint density at radius 3 is 3.14 bits per heavy atom. The van der Waals surface area contributed by atoms with Crippen molar-refractivity contribution in [1.82, 2.24) is 20.1 Å². The molecule has 4 aromatic rings. The van der Waals surface area contributed by atoms with E-state index in [9.17, 15) is 4.79 Å². The van der Waals surface area contributed by atoms with Crippen molar-refractivity contribution < 1.29 is 14.0 Å². The van der Waals surface area contributed by atoms with Gasteiger partial charge in [-0.15, -0.1) is 5.10 Å². The average Bonchev–Trinajstić information content (AvgIpc) is 3.13. The zero-order valence-electron chi connectivity index (χ0n) is 10.6. The normalized spacial score (nSPS) is 11.0. The Labute approximate surface area is 117 Å². The number of aromatic nitrogens is 4. The van der Waals surface area contributed by atoms with Crippen LogP contribution in [-0.4, -0.2) is 26.1 Å². The van der Waals surface area contributed by atoms with Crippen LogP contribution < -0.4 is 4.84 Å². The highest BCUT2D eigenvalue weighted by molar-refractivity contribution is 5.94. The number of rotatable bonds is 2. The molecule has 0 saturated heterocycles. The molecule has 0 radical (unpaired) electrons. The van der Waals surface area contributed by atoms with Gasteiger partial charge in [-0.2, -0.15) is 0 Å². The summed E-state index contributed by atoms with van der Waals surface area (Å²) < 4.78 is 5.26. The summed E-state index contributed by atoms with van der Waals surface area (Å²) in [5, 5.41) is 8.53. The summed E-state index contributed by atoms with van der Waals surface area (Å²) in [6.45, 7) is 0. The second-order valence-corrected chi connectivity index (χ2v) is 4.36. The minimum atomic E-state index is -0.564. The van der Waals surface area contributed by atoms with Crippen molar-refractivity contribution in [3.8, 4) is 0 Å². The fraction of sp³-hybridized carbons (Fsp3) is 0. The van der Waals surface area contributed by atoms with E-state index < -0.39 is 5.97 Å². The Morgan fingerprint density at radius 1 is 1.24 bits per heavy atom. The summed E-state index contributed by atoms with van der Waals surface area (Å²) in [6, 6.07) is 10.3. The lowest BCUT2D eigenvalue weighted by atomic mass is 10.2. The molecule has 0 aliphatic heterocycles. The smallest absolute Gasteiger partial charge is 0.365 e. The lowest BCUT2D eigenvalue weighted by Gasteiger charge is -2.02. The zero-order chi connectivity index (χ0) is 14.2. The number of carbonyl (C=O) groups is 1. The van der Waals surface area contributed by atoms with Crippen molar-refractivity contribution >= 4 is 28.1 Å². The molecule has 0 unspecified atom stereocenters. The molecule has 3 heterocycles. The molecule has 0 aliphatic carbocycles. The maximum absolute atomic E-state index is 12.1. The molecule has 0 N–H and O–H groups in total. The molecule has 0 aliphatic rings. The van der Waals surface area contributed by atoms with Gasteiger partial charge in [0.15, 0.2) is 0 Å². The van der Waals surface area contributed by atoms with E-state index in [2.05, 4.69) is 15.3 Å². The first kappa shape index (κ1) is 11.6. The predicted molar refractivity (Wildman–Crippen MR) is 72.4 cm³/mol. The molecule has 0 bridgehead atoms. The van der Waals surface area contributed by atoms with Crippen molar-refractivity contribution in [1.29, 1.82) is 0 Å². The molecule has 7 heteroatoms. The molecule has 3 aromatic heterocycles. The molecule has 0 amide bonds. The highest BCUT2D eigenvalue weighted by Crippen LogP contribution is 2.17. The van der Waals surface area contributed by atoms with Gasteiger partial charge in [0.1, 0.15) is 11.1 Å². The Kier molecular flexibility index (Phi) is 2.43. The fourth-order valence-electron chi connectivity index (χ4n) is 2.02. The minimum absolute atomic E-state index is 0.358. The van der Waals surface area contributed by atoms with Crippen LogP contribution >= 0.6 is 0 Å². The van der Waals surface area contributed by atoms with Gasteiger partial charge in [0.25, 0.3) is 0 Å². The third-order valence-corrected chi connectivity index (χ3v) is 3.04. The first-order valence-corrected chi connectivity index (χ1v) is 6.18. The molecule has 7 nitrogen and oxygen atoms in total. The van der Waals surface area contributed by atoms with Crippen LogP contribution in [-0.2, 0) is 0 Å². The lowest BCUT2D eigenvalue weighted by Crippen LogP contribution is -2.21. The van der Waals surface area contributed by atoms with Crippen LogP contribution in [0.4, 0.5) is 0 Å². The molecule has 1 aromatic carbocycles. The number of hydrogen-bond donors (Lipinski definition) is 0. The topological polar surface area (TPSA) is 83.0 Å². The average molecular weight is 280 g/mol. The minimum Gasteiger partial charge on any atom is -0.464 e. The Hall–Kier alpha value is -3.22. The highest BCUT2D eigenvalue weighted by atomic mass is 16.7. The molecular formula is C14H8N4O3. The molecule has 102 valence electrons. The molecule has 0 spiro atoms.